The third-order valence-corrected chi connectivity index (χ3v) is 8.27. The molecule has 5 heteroatoms. The van der Waals surface area contributed by atoms with Crippen molar-refractivity contribution < 1.29 is 19.1 Å². The number of aryl methyl sites for hydroxylation is 2. The first-order valence-corrected chi connectivity index (χ1v) is 15.5. The second-order valence-corrected chi connectivity index (χ2v) is 11.5. The molecule has 0 aliphatic carbocycles. The summed E-state index contributed by atoms with van der Waals surface area (Å²) in [6.07, 6.45) is 2.06. The quantitative estimate of drug-likeness (QED) is 0.0699. The molecule has 0 radical (unpaired) electrons. The van der Waals surface area contributed by atoms with Crippen molar-refractivity contribution >= 4 is 50.5 Å². The van der Waals surface area contributed by atoms with Crippen molar-refractivity contribution in [2.75, 3.05) is 4.90 Å². The molecule has 6 rings (SSSR count). The lowest BCUT2D eigenvalue weighted by Gasteiger charge is -2.28. The number of carbonyl (C=O) groups is 2. The zero-order valence-electron chi connectivity index (χ0n) is 26.7. The van der Waals surface area contributed by atoms with Gasteiger partial charge in [0.2, 0.25) is 0 Å². The van der Waals surface area contributed by atoms with E-state index >= 15 is 0 Å². The maximum absolute atomic E-state index is 11.9. The minimum atomic E-state index is -0.504. The van der Waals surface area contributed by atoms with E-state index in [4.69, 9.17) is 9.47 Å². The Morgan fingerprint density at radius 2 is 1.32 bits per heavy atom. The molecule has 0 heterocycles. The van der Waals surface area contributed by atoms with Crippen LogP contribution in [0, 0.1) is 6.92 Å². The van der Waals surface area contributed by atoms with Crippen LogP contribution in [0.4, 0.5) is 17.1 Å². The summed E-state index contributed by atoms with van der Waals surface area (Å²) in [4.78, 5) is 26.0. The zero-order valence-corrected chi connectivity index (χ0v) is 26.7. The Hall–Kier alpha value is -5.94. The fraction of sp³-hybridized carbons (Fsp3) is 0.0952. The van der Waals surface area contributed by atoms with Crippen LogP contribution in [0.1, 0.15) is 25.0 Å². The standard InChI is InChI=1S/C42H35NO4/c1-6-29-16-26-38(37-25-15-32-10-8-9-28(5)40(32)41(29)37)43(34-19-23-35(24-20-34)46-39(44)7-2)33-17-11-30(12-18-33)31-13-21-36(22-14-31)47-42(45)27(3)4/h7-26H,2-3,6H2,1,4-5H3. The van der Waals surface area contributed by atoms with Gasteiger partial charge >= 0.3 is 11.9 Å². The maximum Gasteiger partial charge on any atom is 0.338 e. The molecule has 0 aliphatic heterocycles. The van der Waals surface area contributed by atoms with Crippen molar-refractivity contribution in [3.63, 3.8) is 0 Å². The first-order chi connectivity index (χ1) is 22.8. The topological polar surface area (TPSA) is 55.8 Å². The monoisotopic (exact) mass is 617 g/mol. The Morgan fingerprint density at radius 3 is 1.94 bits per heavy atom. The number of hydrogen-bond acceptors (Lipinski definition) is 5. The number of benzene rings is 6. The van der Waals surface area contributed by atoms with Gasteiger partial charge in [-0.15, -0.1) is 0 Å². The van der Waals surface area contributed by atoms with Gasteiger partial charge in [-0.3, -0.25) is 0 Å². The van der Waals surface area contributed by atoms with Crippen LogP contribution < -0.4 is 14.4 Å². The molecule has 0 atom stereocenters. The number of nitrogens with zero attached hydrogens (tertiary/aromatic N) is 1. The van der Waals surface area contributed by atoms with Crippen LogP contribution in [-0.4, -0.2) is 11.9 Å². The van der Waals surface area contributed by atoms with E-state index in [1.807, 2.05) is 24.3 Å². The number of rotatable bonds is 9. The van der Waals surface area contributed by atoms with Crippen molar-refractivity contribution in [3.8, 4) is 22.6 Å². The summed E-state index contributed by atoms with van der Waals surface area (Å²) in [6.45, 7) is 13.1. The summed E-state index contributed by atoms with van der Waals surface area (Å²) < 4.78 is 10.7. The normalized spacial score (nSPS) is 10.9. The Labute approximate surface area is 275 Å². The third-order valence-electron chi connectivity index (χ3n) is 8.27. The predicted molar refractivity (Wildman–Crippen MR) is 192 cm³/mol. The molecule has 47 heavy (non-hydrogen) atoms. The summed E-state index contributed by atoms with van der Waals surface area (Å²) in [5.74, 6) is -0.0385. The van der Waals surface area contributed by atoms with Crippen LogP contribution >= 0.6 is 0 Å². The van der Waals surface area contributed by atoms with Gasteiger partial charge in [0.1, 0.15) is 11.5 Å². The van der Waals surface area contributed by atoms with Gasteiger partial charge in [0.25, 0.3) is 0 Å². The van der Waals surface area contributed by atoms with Crippen LogP contribution in [0.25, 0.3) is 32.7 Å². The number of ether oxygens (including phenoxy) is 2. The van der Waals surface area contributed by atoms with Gasteiger partial charge in [-0.1, -0.05) is 80.7 Å². The predicted octanol–water partition coefficient (Wildman–Crippen LogP) is 10.6. The lowest BCUT2D eigenvalue weighted by molar-refractivity contribution is -0.130. The third kappa shape index (κ3) is 6.29. The van der Waals surface area contributed by atoms with Crippen LogP contribution in [-0.2, 0) is 16.0 Å². The second kappa shape index (κ2) is 13.2. The molecule has 0 unspecified atom stereocenters. The molecule has 232 valence electrons. The Morgan fingerprint density at radius 1 is 0.723 bits per heavy atom. The molecule has 6 aromatic carbocycles. The molecule has 0 aromatic heterocycles. The molecule has 0 saturated carbocycles. The first kappa shape index (κ1) is 31.1. The highest BCUT2D eigenvalue weighted by molar-refractivity contribution is 6.15. The Kier molecular flexibility index (Phi) is 8.72. The van der Waals surface area contributed by atoms with E-state index in [2.05, 4.69) is 98.6 Å². The molecule has 5 nitrogen and oxygen atoms in total. The van der Waals surface area contributed by atoms with Crippen molar-refractivity contribution in [1.82, 2.24) is 0 Å². The summed E-state index contributed by atoms with van der Waals surface area (Å²) >= 11 is 0. The summed E-state index contributed by atoms with van der Waals surface area (Å²) in [6, 6.07) is 38.6. The van der Waals surface area contributed by atoms with Gasteiger partial charge in [0.15, 0.2) is 0 Å². The molecule has 0 aliphatic rings. The van der Waals surface area contributed by atoms with E-state index in [9.17, 15) is 9.59 Å². The number of hydrogen-bond donors (Lipinski definition) is 0. The van der Waals surface area contributed by atoms with Crippen molar-refractivity contribution in [3.05, 3.63) is 151 Å². The Balaban J connectivity index is 1.46. The summed E-state index contributed by atoms with van der Waals surface area (Å²) in [7, 11) is 0. The van der Waals surface area contributed by atoms with E-state index in [1.165, 1.54) is 27.3 Å². The number of fused-ring (bicyclic) bond motifs is 3. The molecule has 0 spiro atoms. The van der Waals surface area contributed by atoms with Crippen molar-refractivity contribution in [2.45, 2.75) is 27.2 Å². The maximum atomic E-state index is 11.9. The second-order valence-electron chi connectivity index (χ2n) is 11.5. The fourth-order valence-corrected chi connectivity index (χ4v) is 5.91. The molecule has 6 aromatic rings. The number of esters is 2. The van der Waals surface area contributed by atoms with Gasteiger partial charge in [0.05, 0.1) is 5.69 Å². The van der Waals surface area contributed by atoms with Crippen LogP contribution in [0.3, 0.4) is 0 Å². The molecule has 0 bridgehead atoms. The van der Waals surface area contributed by atoms with Gasteiger partial charge in [-0.2, -0.15) is 0 Å². The van der Waals surface area contributed by atoms with Gasteiger partial charge < -0.3 is 14.4 Å². The lowest BCUT2D eigenvalue weighted by Crippen LogP contribution is -2.11. The van der Waals surface area contributed by atoms with Gasteiger partial charge in [-0.25, -0.2) is 9.59 Å². The molecular weight excluding hydrogens is 582 g/mol. The van der Waals surface area contributed by atoms with E-state index in [0.29, 0.717) is 17.1 Å². The zero-order chi connectivity index (χ0) is 33.1. The summed E-state index contributed by atoms with van der Waals surface area (Å²) in [5, 5.41) is 4.89. The van der Waals surface area contributed by atoms with Gasteiger partial charge in [-0.05, 0) is 113 Å². The minimum absolute atomic E-state index is 0.349. The first-order valence-electron chi connectivity index (χ1n) is 15.5. The number of carbonyl (C=O) groups excluding carboxylic acids is 2. The highest BCUT2D eigenvalue weighted by Gasteiger charge is 2.19. The average Bonchev–Trinajstić information content (AvgIpc) is 3.09. The van der Waals surface area contributed by atoms with E-state index in [1.54, 1.807) is 31.2 Å². The molecule has 0 N–H and O–H groups in total. The lowest BCUT2D eigenvalue weighted by atomic mass is 9.92. The number of anilines is 3. The van der Waals surface area contributed by atoms with E-state index in [0.717, 1.165) is 46.1 Å². The molecule has 0 saturated heterocycles. The SMILES string of the molecule is C=CC(=O)Oc1ccc(N(c2ccc(-c3ccc(OC(=O)C(=C)C)cc3)cc2)c2ccc(CC)c3c2ccc2cccc(C)c23)cc1. The molecular formula is C42H35NO4. The average molecular weight is 618 g/mol. The van der Waals surface area contributed by atoms with Crippen LogP contribution in [0.2, 0.25) is 0 Å². The van der Waals surface area contributed by atoms with Crippen molar-refractivity contribution in [2.24, 2.45) is 0 Å². The van der Waals surface area contributed by atoms with Crippen LogP contribution in [0.5, 0.6) is 11.5 Å². The van der Waals surface area contributed by atoms with Gasteiger partial charge in [0, 0.05) is 28.4 Å². The minimum Gasteiger partial charge on any atom is -0.423 e. The molecule has 0 fully saturated rings. The fourth-order valence-electron chi connectivity index (χ4n) is 5.91. The van der Waals surface area contributed by atoms with Crippen LogP contribution in [0.15, 0.2) is 140 Å². The highest BCUT2D eigenvalue weighted by atomic mass is 16.5. The highest BCUT2D eigenvalue weighted by Crippen LogP contribution is 2.43. The molecule has 0 amide bonds. The van der Waals surface area contributed by atoms with Crippen molar-refractivity contribution in [1.29, 1.82) is 0 Å². The largest absolute Gasteiger partial charge is 0.423 e. The Bertz CT molecular complexity index is 2140. The van der Waals surface area contributed by atoms with E-state index < -0.39 is 11.9 Å². The van der Waals surface area contributed by atoms with E-state index in [-0.39, 0.29) is 0 Å². The summed E-state index contributed by atoms with van der Waals surface area (Å²) in [5.41, 5.74) is 7.81. The smallest absolute Gasteiger partial charge is 0.338 e.